The molecule has 0 saturated carbocycles. The van der Waals surface area contributed by atoms with Crippen LogP contribution in [0.3, 0.4) is 0 Å². The molecule has 2 heterocycles. The number of terminal acetylenes is 1. The molecule has 2 aromatic heterocycles. The van der Waals surface area contributed by atoms with Crippen LogP contribution in [0.1, 0.15) is 52.8 Å². The van der Waals surface area contributed by atoms with Gasteiger partial charge in [0.05, 0.1) is 5.56 Å². The number of alkyl carbamates (subject to hydrolysis) is 1. The standard InChI is InChI=1S/C28H29N3O3S/c1-3-23-24-12-11-22(34-28(33)30-15-13-20-8-7-14-29-18-20)17-25(24)35-27(23)31-26(32)16-19(2)21-9-5-4-6-10-21/h1,4-10,14,18-19,22H,11-13,15-17H2,2H3,(H,30,33)(H,31,32). The number of fused-ring (bicyclic) bond motifs is 1. The average molecular weight is 488 g/mol. The predicted octanol–water partition coefficient (Wildman–Crippen LogP) is 5.08. The average Bonchev–Trinajstić information content (AvgIpc) is 3.21. The highest BCUT2D eigenvalue weighted by molar-refractivity contribution is 7.16. The summed E-state index contributed by atoms with van der Waals surface area (Å²) in [6, 6.07) is 13.8. The van der Waals surface area contributed by atoms with Crippen LogP contribution in [0.2, 0.25) is 0 Å². The van der Waals surface area contributed by atoms with E-state index in [4.69, 9.17) is 11.2 Å². The maximum atomic E-state index is 12.7. The Bertz CT molecular complexity index is 1200. The molecular weight excluding hydrogens is 458 g/mol. The van der Waals surface area contributed by atoms with Gasteiger partial charge in [-0.1, -0.05) is 49.2 Å². The molecule has 1 aromatic carbocycles. The molecule has 3 aromatic rings. The first-order valence-corrected chi connectivity index (χ1v) is 12.6. The minimum Gasteiger partial charge on any atom is -0.446 e. The second kappa shape index (κ2) is 11.7. The van der Waals surface area contributed by atoms with Gasteiger partial charge in [0, 0.05) is 36.7 Å². The van der Waals surface area contributed by atoms with Crippen LogP contribution in [-0.4, -0.2) is 29.6 Å². The molecule has 0 fully saturated rings. The number of carbonyl (C=O) groups is 2. The number of nitrogens with zero attached hydrogens (tertiary/aromatic N) is 1. The Morgan fingerprint density at radius 3 is 2.83 bits per heavy atom. The van der Waals surface area contributed by atoms with Gasteiger partial charge in [-0.05, 0) is 47.9 Å². The topological polar surface area (TPSA) is 80.3 Å². The lowest BCUT2D eigenvalue weighted by atomic mass is 9.93. The first kappa shape index (κ1) is 24.5. The monoisotopic (exact) mass is 487 g/mol. The van der Waals surface area contributed by atoms with E-state index in [0.29, 0.717) is 37.2 Å². The molecule has 180 valence electrons. The van der Waals surface area contributed by atoms with Crippen molar-refractivity contribution in [3.05, 3.63) is 82.0 Å². The number of pyridine rings is 1. The molecule has 2 atom stereocenters. The fourth-order valence-electron chi connectivity index (χ4n) is 4.30. The number of nitrogens with one attached hydrogen (secondary N) is 2. The first-order valence-electron chi connectivity index (χ1n) is 11.8. The largest absolute Gasteiger partial charge is 0.446 e. The first-order chi connectivity index (χ1) is 17.0. The Morgan fingerprint density at radius 1 is 1.26 bits per heavy atom. The van der Waals surface area contributed by atoms with Gasteiger partial charge in [-0.15, -0.1) is 17.8 Å². The number of rotatable bonds is 8. The summed E-state index contributed by atoms with van der Waals surface area (Å²) in [4.78, 5) is 30.2. The van der Waals surface area contributed by atoms with Crippen molar-refractivity contribution in [1.82, 2.24) is 10.3 Å². The van der Waals surface area contributed by atoms with Gasteiger partial charge >= 0.3 is 6.09 Å². The zero-order valence-electron chi connectivity index (χ0n) is 19.8. The van der Waals surface area contributed by atoms with Crippen LogP contribution in [0.25, 0.3) is 0 Å². The lowest BCUT2D eigenvalue weighted by Gasteiger charge is -2.22. The van der Waals surface area contributed by atoms with Gasteiger partial charge in [-0.2, -0.15) is 0 Å². The third kappa shape index (κ3) is 6.49. The van der Waals surface area contributed by atoms with Crippen molar-refractivity contribution in [2.24, 2.45) is 0 Å². The van der Waals surface area contributed by atoms with Crippen molar-refractivity contribution in [1.29, 1.82) is 0 Å². The van der Waals surface area contributed by atoms with Gasteiger partial charge in [-0.25, -0.2) is 4.79 Å². The molecule has 1 aliphatic rings. The van der Waals surface area contributed by atoms with E-state index >= 15 is 0 Å². The highest BCUT2D eigenvalue weighted by atomic mass is 32.1. The number of hydrogen-bond donors (Lipinski definition) is 2. The Labute approximate surface area is 210 Å². The second-order valence-corrected chi connectivity index (χ2v) is 9.83. The van der Waals surface area contributed by atoms with Crippen molar-refractivity contribution >= 4 is 28.3 Å². The molecule has 6 nitrogen and oxygen atoms in total. The Balaban J connectivity index is 1.31. The summed E-state index contributed by atoms with van der Waals surface area (Å²) in [5.41, 5.74) is 4.03. The predicted molar refractivity (Wildman–Crippen MR) is 139 cm³/mol. The molecule has 2 amide bonds. The third-order valence-corrected chi connectivity index (χ3v) is 7.33. The number of thiophene rings is 1. The maximum absolute atomic E-state index is 12.7. The molecule has 2 N–H and O–H groups in total. The van der Waals surface area contributed by atoms with Gasteiger partial charge in [0.25, 0.3) is 0 Å². The summed E-state index contributed by atoms with van der Waals surface area (Å²) < 4.78 is 5.65. The molecular formula is C28H29N3O3S. The molecule has 0 spiro atoms. The zero-order valence-corrected chi connectivity index (χ0v) is 20.6. The minimum atomic E-state index is -0.417. The summed E-state index contributed by atoms with van der Waals surface area (Å²) in [5, 5.41) is 6.56. The van der Waals surface area contributed by atoms with Crippen LogP contribution in [0.4, 0.5) is 9.80 Å². The lowest BCUT2D eigenvalue weighted by Crippen LogP contribution is -2.33. The fraction of sp³-hybridized carbons (Fsp3) is 0.321. The van der Waals surface area contributed by atoms with E-state index in [0.717, 1.165) is 33.6 Å². The molecule has 4 rings (SSSR count). The van der Waals surface area contributed by atoms with Crippen molar-refractivity contribution < 1.29 is 14.3 Å². The highest BCUT2D eigenvalue weighted by Gasteiger charge is 2.28. The van der Waals surface area contributed by atoms with Crippen molar-refractivity contribution in [3.63, 3.8) is 0 Å². The minimum absolute atomic E-state index is 0.0581. The number of amides is 2. The summed E-state index contributed by atoms with van der Waals surface area (Å²) in [6.07, 6.45) is 11.8. The van der Waals surface area contributed by atoms with E-state index < -0.39 is 6.09 Å². The van der Waals surface area contributed by atoms with Crippen LogP contribution >= 0.6 is 11.3 Å². The van der Waals surface area contributed by atoms with Crippen LogP contribution in [0.15, 0.2) is 54.9 Å². The zero-order chi connectivity index (χ0) is 24.6. The highest BCUT2D eigenvalue weighted by Crippen LogP contribution is 2.38. The number of carbonyl (C=O) groups excluding carboxylic acids is 2. The SMILES string of the molecule is C#Cc1c(NC(=O)CC(C)c2ccccc2)sc2c1CCC(OC(=O)NCCc1cccnc1)C2. The smallest absolute Gasteiger partial charge is 0.407 e. The third-order valence-electron chi connectivity index (χ3n) is 6.16. The Hall–Kier alpha value is -3.63. The van der Waals surface area contributed by atoms with Crippen molar-refractivity contribution in [2.75, 3.05) is 11.9 Å². The van der Waals surface area contributed by atoms with E-state index in [1.807, 2.05) is 49.4 Å². The van der Waals surface area contributed by atoms with Crippen molar-refractivity contribution in [3.8, 4) is 12.3 Å². The van der Waals surface area contributed by atoms with Gasteiger partial charge in [-0.3, -0.25) is 9.78 Å². The van der Waals surface area contributed by atoms with E-state index in [-0.39, 0.29) is 17.9 Å². The molecule has 0 saturated heterocycles. The molecule has 1 aliphatic carbocycles. The fourth-order valence-corrected chi connectivity index (χ4v) is 5.59. The van der Waals surface area contributed by atoms with E-state index in [2.05, 4.69) is 21.5 Å². The normalized spacial score (nSPS) is 15.4. The van der Waals surface area contributed by atoms with Crippen LogP contribution < -0.4 is 10.6 Å². The quantitative estimate of drug-likeness (QED) is 0.434. The van der Waals surface area contributed by atoms with Gasteiger partial charge in [0.15, 0.2) is 0 Å². The number of benzene rings is 1. The Kier molecular flexibility index (Phi) is 8.17. The second-order valence-electron chi connectivity index (χ2n) is 8.72. The van der Waals surface area contributed by atoms with E-state index in [1.165, 1.54) is 11.3 Å². The summed E-state index contributed by atoms with van der Waals surface area (Å²) in [7, 11) is 0. The molecule has 2 unspecified atom stereocenters. The van der Waals surface area contributed by atoms with Crippen molar-refractivity contribution in [2.45, 2.75) is 51.0 Å². The maximum Gasteiger partial charge on any atom is 0.407 e. The van der Waals surface area contributed by atoms with Gasteiger partial charge in [0.1, 0.15) is 11.1 Å². The van der Waals surface area contributed by atoms with E-state index in [1.54, 1.807) is 12.4 Å². The molecule has 0 bridgehead atoms. The molecule has 0 aliphatic heterocycles. The van der Waals surface area contributed by atoms with Gasteiger partial charge in [0.2, 0.25) is 5.91 Å². The number of aromatic nitrogens is 1. The lowest BCUT2D eigenvalue weighted by molar-refractivity contribution is -0.116. The number of anilines is 1. The summed E-state index contributed by atoms with van der Waals surface area (Å²) in [5.74, 6) is 2.81. The molecule has 35 heavy (non-hydrogen) atoms. The number of hydrogen-bond acceptors (Lipinski definition) is 5. The summed E-state index contributed by atoms with van der Waals surface area (Å²) in [6.45, 7) is 2.53. The Morgan fingerprint density at radius 2 is 2.09 bits per heavy atom. The molecule has 0 radical (unpaired) electrons. The van der Waals surface area contributed by atoms with E-state index in [9.17, 15) is 9.59 Å². The van der Waals surface area contributed by atoms with Gasteiger partial charge < -0.3 is 15.4 Å². The number of ether oxygens (including phenoxy) is 1. The van der Waals surface area contributed by atoms with Crippen LogP contribution in [0.5, 0.6) is 0 Å². The van der Waals surface area contributed by atoms with Crippen LogP contribution in [-0.2, 0) is 28.8 Å². The molecule has 7 heteroatoms. The van der Waals surface area contributed by atoms with Crippen LogP contribution in [0, 0.1) is 12.3 Å². The summed E-state index contributed by atoms with van der Waals surface area (Å²) >= 11 is 1.49.